The first-order valence-electron chi connectivity index (χ1n) is 6.71. The molecule has 1 heterocycles. The van der Waals surface area contributed by atoms with E-state index >= 15 is 0 Å². The standard InChI is InChI=1S/C16H20FNO2/c1-16(2,9-10-19)18-11-14-7-8-15(20-14)12-3-5-13(17)6-4-12/h3-8,18-19H,9-11H2,1-2H3. The monoisotopic (exact) mass is 277 g/mol. The number of aliphatic hydroxyl groups is 1. The molecule has 2 N–H and O–H groups in total. The third-order valence-electron chi connectivity index (χ3n) is 3.27. The minimum absolute atomic E-state index is 0.141. The highest BCUT2D eigenvalue weighted by Crippen LogP contribution is 2.22. The van der Waals surface area contributed by atoms with E-state index in [1.165, 1.54) is 12.1 Å². The zero-order valence-electron chi connectivity index (χ0n) is 11.8. The van der Waals surface area contributed by atoms with Gasteiger partial charge in [0.25, 0.3) is 0 Å². The molecule has 2 aromatic rings. The van der Waals surface area contributed by atoms with Gasteiger partial charge < -0.3 is 14.8 Å². The maximum Gasteiger partial charge on any atom is 0.134 e. The van der Waals surface area contributed by atoms with E-state index in [1.54, 1.807) is 12.1 Å². The lowest BCUT2D eigenvalue weighted by molar-refractivity contribution is 0.227. The van der Waals surface area contributed by atoms with Crippen LogP contribution in [0.3, 0.4) is 0 Å². The Bertz CT molecular complexity index is 546. The first-order chi connectivity index (χ1) is 9.50. The predicted molar refractivity (Wildman–Crippen MR) is 76.7 cm³/mol. The second kappa shape index (κ2) is 6.20. The molecule has 20 heavy (non-hydrogen) atoms. The summed E-state index contributed by atoms with van der Waals surface area (Å²) in [5.41, 5.74) is 0.713. The summed E-state index contributed by atoms with van der Waals surface area (Å²) in [6, 6.07) is 10.0. The fourth-order valence-corrected chi connectivity index (χ4v) is 1.94. The van der Waals surface area contributed by atoms with Gasteiger partial charge in [-0.3, -0.25) is 0 Å². The van der Waals surface area contributed by atoms with Crippen LogP contribution in [0.5, 0.6) is 0 Å². The molecular weight excluding hydrogens is 257 g/mol. The van der Waals surface area contributed by atoms with Crippen molar-refractivity contribution in [3.8, 4) is 11.3 Å². The molecule has 0 bridgehead atoms. The smallest absolute Gasteiger partial charge is 0.134 e. The molecular formula is C16H20FNO2. The molecule has 0 fully saturated rings. The number of hydrogen-bond acceptors (Lipinski definition) is 3. The lowest BCUT2D eigenvalue weighted by atomic mass is 10.0. The lowest BCUT2D eigenvalue weighted by Crippen LogP contribution is -2.39. The van der Waals surface area contributed by atoms with Crippen molar-refractivity contribution in [3.05, 3.63) is 48.0 Å². The van der Waals surface area contributed by atoms with E-state index < -0.39 is 0 Å². The number of aliphatic hydroxyl groups excluding tert-OH is 1. The SMILES string of the molecule is CC(C)(CCO)NCc1ccc(-c2ccc(F)cc2)o1. The normalized spacial score (nSPS) is 11.8. The van der Waals surface area contributed by atoms with E-state index in [1.807, 2.05) is 26.0 Å². The molecule has 0 amide bonds. The Balaban J connectivity index is 2.00. The second-order valence-electron chi connectivity index (χ2n) is 5.48. The average molecular weight is 277 g/mol. The van der Waals surface area contributed by atoms with Crippen molar-refractivity contribution in [3.63, 3.8) is 0 Å². The van der Waals surface area contributed by atoms with Gasteiger partial charge in [0.2, 0.25) is 0 Å². The summed E-state index contributed by atoms with van der Waals surface area (Å²) in [6.45, 7) is 4.81. The highest BCUT2D eigenvalue weighted by Gasteiger charge is 2.16. The van der Waals surface area contributed by atoms with Crippen molar-refractivity contribution in [2.24, 2.45) is 0 Å². The number of hydrogen-bond donors (Lipinski definition) is 2. The van der Waals surface area contributed by atoms with Crippen LogP contribution in [-0.4, -0.2) is 17.3 Å². The van der Waals surface area contributed by atoms with E-state index in [4.69, 9.17) is 9.52 Å². The summed E-state index contributed by atoms with van der Waals surface area (Å²) in [5.74, 6) is 1.28. The van der Waals surface area contributed by atoms with E-state index in [2.05, 4.69) is 5.32 Å². The maximum absolute atomic E-state index is 12.9. The molecule has 0 aliphatic heterocycles. The van der Waals surface area contributed by atoms with Gasteiger partial charge >= 0.3 is 0 Å². The predicted octanol–water partition coefficient (Wildman–Crippen LogP) is 3.34. The number of nitrogens with one attached hydrogen (secondary N) is 1. The number of furan rings is 1. The van der Waals surface area contributed by atoms with Crippen molar-refractivity contribution >= 4 is 0 Å². The van der Waals surface area contributed by atoms with Crippen LogP contribution in [0, 0.1) is 5.82 Å². The van der Waals surface area contributed by atoms with Gasteiger partial charge in [0.05, 0.1) is 6.54 Å². The van der Waals surface area contributed by atoms with E-state index in [9.17, 15) is 4.39 Å². The Kier molecular flexibility index (Phi) is 4.57. The highest BCUT2D eigenvalue weighted by molar-refractivity contribution is 5.57. The van der Waals surface area contributed by atoms with Gasteiger partial charge in [-0.15, -0.1) is 0 Å². The van der Waals surface area contributed by atoms with Gasteiger partial charge in [0, 0.05) is 17.7 Å². The van der Waals surface area contributed by atoms with Gasteiger partial charge in [0.1, 0.15) is 17.3 Å². The Morgan fingerprint density at radius 3 is 2.50 bits per heavy atom. The molecule has 1 aromatic carbocycles. The summed E-state index contributed by atoms with van der Waals surface area (Å²) in [4.78, 5) is 0. The summed E-state index contributed by atoms with van der Waals surface area (Å²) >= 11 is 0. The molecule has 0 spiro atoms. The van der Waals surface area contributed by atoms with Crippen molar-refractivity contribution in [2.75, 3.05) is 6.61 Å². The minimum Gasteiger partial charge on any atom is -0.460 e. The molecule has 0 aliphatic carbocycles. The number of benzene rings is 1. The zero-order valence-corrected chi connectivity index (χ0v) is 11.8. The van der Waals surface area contributed by atoms with Gasteiger partial charge in [-0.25, -0.2) is 4.39 Å². The van der Waals surface area contributed by atoms with Crippen molar-refractivity contribution < 1.29 is 13.9 Å². The van der Waals surface area contributed by atoms with Crippen LogP contribution in [0.2, 0.25) is 0 Å². The lowest BCUT2D eigenvalue weighted by Gasteiger charge is -2.24. The zero-order chi connectivity index (χ0) is 14.6. The quantitative estimate of drug-likeness (QED) is 0.851. The minimum atomic E-state index is -0.257. The fraction of sp³-hybridized carbons (Fsp3) is 0.375. The third-order valence-corrected chi connectivity index (χ3v) is 3.27. The van der Waals surface area contributed by atoms with Crippen molar-refractivity contribution in [2.45, 2.75) is 32.4 Å². The number of rotatable bonds is 6. The van der Waals surface area contributed by atoms with Crippen LogP contribution >= 0.6 is 0 Å². The van der Waals surface area contributed by atoms with Crippen LogP contribution in [0.25, 0.3) is 11.3 Å². The molecule has 0 unspecified atom stereocenters. The highest BCUT2D eigenvalue weighted by atomic mass is 19.1. The molecule has 108 valence electrons. The Labute approximate surface area is 118 Å². The largest absolute Gasteiger partial charge is 0.460 e. The molecule has 2 rings (SSSR count). The van der Waals surface area contributed by atoms with Crippen LogP contribution in [0.15, 0.2) is 40.8 Å². The van der Waals surface area contributed by atoms with Crippen LogP contribution < -0.4 is 5.32 Å². The van der Waals surface area contributed by atoms with Crippen LogP contribution in [-0.2, 0) is 6.54 Å². The van der Waals surface area contributed by atoms with E-state index in [0.29, 0.717) is 13.0 Å². The fourth-order valence-electron chi connectivity index (χ4n) is 1.94. The molecule has 0 saturated carbocycles. The summed E-state index contributed by atoms with van der Waals surface area (Å²) in [5, 5.41) is 12.3. The molecule has 1 aromatic heterocycles. The Morgan fingerprint density at radius 1 is 1.15 bits per heavy atom. The van der Waals surface area contributed by atoms with Gasteiger partial charge in [0.15, 0.2) is 0 Å². The van der Waals surface area contributed by atoms with Crippen molar-refractivity contribution in [1.29, 1.82) is 0 Å². The number of halogens is 1. The molecule has 4 heteroatoms. The summed E-state index contributed by atoms with van der Waals surface area (Å²) in [7, 11) is 0. The molecule has 0 atom stereocenters. The Morgan fingerprint density at radius 2 is 1.85 bits per heavy atom. The summed E-state index contributed by atoms with van der Waals surface area (Å²) in [6.07, 6.45) is 0.679. The van der Waals surface area contributed by atoms with E-state index in [0.717, 1.165) is 17.1 Å². The van der Waals surface area contributed by atoms with Crippen LogP contribution in [0.1, 0.15) is 26.0 Å². The Hall–Kier alpha value is -1.65. The molecule has 0 radical (unpaired) electrons. The van der Waals surface area contributed by atoms with E-state index in [-0.39, 0.29) is 18.0 Å². The molecule has 0 aliphatic rings. The first kappa shape index (κ1) is 14.8. The van der Waals surface area contributed by atoms with Gasteiger partial charge in [-0.2, -0.15) is 0 Å². The molecule has 0 saturated heterocycles. The van der Waals surface area contributed by atoms with Crippen molar-refractivity contribution in [1.82, 2.24) is 5.32 Å². The third kappa shape index (κ3) is 3.92. The second-order valence-corrected chi connectivity index (χ2v) is 5.48. The first-order valence-corrected chi connectivity index (χ1v) is 6.71. The molecule has 3 nitrogen and oxygen atoms in total. The van der Waals surface area contributed by atoms with Gasteiger partial charge in [-0.05, 0) is 56.7 Å². The maximum atomic E-state index is 12.9. The summed E-state index contributed by atoms with van der Waals surface area (Å²) < 4.78 is 18.6. The topological polar surface area (TPSA) is 45.4 Å². The average Bonchev–Trinajstić information content (AvgIpc) is 2.86. The van der Waals surface area contributed by atoms with Crippen LogP contribution in [0.4, 0.5) is 4.39 Å². The van der Waals surface area contributed by atoms with Gasteiger partial charge in [-0.1, -0.05) is 0 Å².